The van der Waals surface area contributed by atoms with E-state index in [0.717, 1.165) is 41.4 Å². The molecule has 0 spiro atoms. The molecule has 2 aromatic rings. The molecule has 0 radical (unpaired) electrons. The smallest absolute Gasteiger partial charge is 0.296 e. The van der Waals surface area contributed by atoms with Gasteiger partial charge in [-0.3, -0.25) is 9.59 Å². The number of hydrogen-bond acceptors (Lipinski definition) is 3. The molecule has 7 heteroatoms. The Bertz CT molecular complexity index is 1030. The summed E-state index contributed by atoms with van der Waals surface area (Å²) in [5.74, 6) is 4.31. The number of primary amides is 1. The van der Waals surface area contributed by atoms with Crippen molar-refractivity contribution >= 4 is 28.4 Å². The number of nitrogens with one attached hydrogen (secondary N) is 2. The summed E-state index contributed by atoms with van der Waals surface area (Å²) < 4.78 is 15.3. The standard InChI is InChI=1S/C23H29FN4O2/c1-4-5-6-9-20(30)27-17-8-7-10-28(13-17)23-18(24)11-16(12-19(25)29)22-21(23)14(2)15(3)26-22/h11,17,26H,4-5,7-8,10,12-13H2,1-3H3,(H2,25,29)(H,27,30)/t17-/m0/s1. The van der Waals surface area contributed by atoms with Crippen molar-refractivity contribution in [2.24, 2.45) is 5.73 Å². The van der Waals surface area contributed by atoms with Gasteiger partial charge >= 0.3 is 0 Å². The first-order chi connectivity index (χ1) is 14.3. The van der Waals surface area contributed by atoms with Crippen LogP contribution in [-0.4, -0.2) is 35.9 Å². The number of unbranched alkanes of at least 4 members (excludes halogenated alkanes) is 1. The van der Waals surface area contributed by atoms with Crippen LogP contribution in [0, 0.1) is 31.5 Å². The van der Waals surface area contributed by atoms with Crippen LogP contribution in [0.15, 0.2) is 6.07 Å². The molecule has 1 aliphatic heterocycles. The van der Waals surface area contributed by atoms with Crippen molar-refractivity contribution in [2.75, 3.05) is 18.0 Å². The first-order valence-corrected chi connectivity index (χ1v) is 10.4. The lowest BCUT2D eigenvalue weighted by atomic mass is 9.99. The molecule has 30 heavy (non-hydrogen) atoms. The van der Waals surface area contributed by atoms with Crippen LogP contribution in [-0.2, 0) is 16.0 Å². The molecule has 0 unspecified atom stereocenters. The third kappa shape index (κ3) is 4.59. The molecule has 1 saturated heterocycles. The summed E-state index contributed by atoms with van der Waals surface area (Å²) in [6.45, 7) is 7.09. The Kier molecular flexibility index (Phi) is 6.66. The van der Waals surface area contributed by atoms with Gasteiger partial charge in [0.1, 0.15) is 5.82 Å². The number of carbonyl (C=O) groups excluding carboxylic acids is 2. The number of hydrogen-bond donors (Lipinski definition) is 3. The number of piperidine rings is 1. The van der Waals surface area contributed by atoms with E-state index in [2.05, 4.69) is 22.1 Å². The third-order valence-corrected chi connectivity index (χ3v) is 5.60. The number of benzene rings is 1. The van der Waals surface area contributed by atoms with Gasteiger partial charge in [-0.05, 0) is 56.2 Å². The minimum absolute atomic E-state index is 0.0256. The van der Waals surface area contributed by atoms with Crippen LogP contribution >= 0.6 is 0 Å². The van der Waals surface area contributed by atoms with Gasteiger partial charge in [0, 0.05) is 36.6 Å². The van der Waals surface area contributed by atoms with E-state index < -0.39 is 5.91 Å². The fraction of sp³-hybridized carbons (Fsp3) is 0.478. The zero-order valence-electron chi connectivity index (χ0n) is 17.8. The van der Waals surface area contributed by atoms with E-state index >= 15 is 4.39 Å². The van der Waals surface area contributed by atoms with Gasteiger partial charge in [0.2, 0.25) is 5.91 Å². The van der Waals surface area contributed by atoms with E-state index in [9.17, 15) is 9.59 Å². The molecule has 4 N–H and O–H groups in total. The molecule has 3 rings (SSSR count). The number of halogens is 1. The average molecular weight is 413 g/mol. The number of rotatable bonds is 5. The molecule has 0 saturated carbocycles. The van der Waals surface area contributed by atoms with Crippen molar-refractivity contribution in [1.82, 2.24) is 10.3 Å². The highest BCUT2D eigenvalue weighted by atomic mass is 19.1. The van der Waals surface area contributed by atoms with Gasteiger partial charge in [-0.25, -0.2) is 4.39 Å². The van der Waals surface area contributed by atoms with Crippen molar-refractivity contribution < 1.29 is 14.0 Å². The van der Waals surface area contributed by atoms with Gasteiger partial charge in [-0.2, -0.15) is 0 Å². The molecule has 1 fully saturated rings. The van der Waals surface area contributed by atoms with Gasteiger partial charge in [-0.1, -0.05) is 12.8 Å². The monoisotopic (exact) mass is 412 g/mol. The molecule has 1 aromatic heterocycles. The fourth-order valence-electron chi connectivity index (χ4n) is 4.09. The van der Waals surface area contributed by atoms with Crippen LogP contribution in [0.25, 0.3) is 10.9 Å². The number of anilines is 1. The Morgan fingerprint density at radius 3 is 2.87 bits per heavy atom. The SMILES string of the molecule is CCCC#CC(=O)N[C@H]1CCCN(c2c(F)cc(CC(N)=O)c3[nH]c(C)c(C)c23)C1. The molecular formula is C23H29FN4O2. The summed E-state index contributed by atoms with van der Waals surface area (Å²) in [5.41, 5.74) is 9.05. The van der Waals surface area contributed by atoms with E-state index in [4.69, 9.17) is 5.73 Å². The number of aryl methyl sites for hydroxylation is 2. The largest absolute Gasteiger partial charge is 0.369 e. The maximum absolute atomic E-state index is 15.3. The predicted molar refractivity (Wildman–Crippen MR) is 117 cm³/mol. The number of nitrogens with two attached hydrogens (primary N) is 1. The predicted octanol–water partition coefficient (Wildman–Crippen LogP) is 2.84. The Morgan fingerprint density at radius 1 is 1.40 bits per heavy atom. The second kappa shape index (κ2) is 9.21. The highest BCUT2D eigenvalue weighted by Gasteiger charge is 2.27. The van der Waals surface area contributed by atoms with Crippen molar-refractivity contribution in [3.63, 3.8) is 0 Å². The second-order valence-electron chi connectivity index (χ2n) is 7.94. The van der Waals surface area contributed by atoms with E-state index in [1.165, 1.54) is 6.07 Å². The first kappa shape index (κ1) is 21.7. The molecule has 0 aliphatic carbocycles. The van der Waals surface area contributed by atoms with Gasteiger partial charge in [0.15, 0.2) is 0 Å². The summed E-state index contributed by atoms with van der Waals surface area (Å²) >= 11 is 0. The van der Waals surface area contributed by atoms with Crippen LogP contribution in [0.1, 0.15) is 49.4 Å². The number of amides is 2. The number of aromatic nitrogens is 1. The molecule has 1 atom stereocenters. The Labute approximate surface area is 176 Å². The first-order valence-electron chi connectivity index (χ1n) is 10.4. The average Bonchev–Trinajstić information content (AvgIpc) is 2.97. The molecule has 1 aliphatic rings. The van der Waals surface area contributed by atoms with Gasteiger partial charge in [0.05, 0.1) is 17.6 Å². The Balaban J connectivity index is 1.92. The van der Waals surface area contributed by atoms with Crippen LogP contribution in [0.5, 0.6) is 0 Å². The maximum Gasteiger partial charge on any atom is 0.296 e. The topological polar surface area (TPSA) is 91.2 Å². The highest BCUT2D eigenvalue weighted by Crippen LogP contribution is 2.37. The van der Waals surface area contributed by atoms with E-state index in [1.807, 2.05) is 25.7 Å². The zero-order valence-corrected chi connectivity index (χ0v) is 17.8. The highest BCUT2D eigenvalue weighted by molar-refractivity contribution is 6.00. The maximum atomic E-state index is 15.3. The van der Waals surface area contributed by atoms with Crippen molar-refractivity contribution in [3.8, 4) is 11.8 Å². The van der Waals surface area contributed by atoms with Gasteiger partial charge in [-0.15, -0.1) is 0 Å². The normalized spacial score (nSPS) is 16.3. The lowest BCUT2D eigenvalue weighted by molar-refractivity contribution is -0.117. The molecule has 1 aromatic carbocycles. The lowest BCUT2D eigenvalue weighted by Crippen LogP contribution is -2.47. The minimum Gasteiger partial charge on any atom is -0.369 e. The van der Waals surface area contributed by atoms with Crippen LogP contribution in [0.2, 0.25) is 0 Å². The Morgan fingerprint density at radius 2 is 2.17 bits per heavy atom. The minimum atomic E-state index is -0.502. The van der Waals surface area contributed by atoms with E-state index in [0.29, 0.717) is 30.8 Å². The zero-order chi connectivity index (χ0) is 21.8. The number of H-pyrrole nitrogens is 1. The Hall–Kier alpha value is -3.01. The number of fused-ring (bicyclic) bond motifs is 1. The quantitative estimate of drug-likeness (QED) is 0.660. The lowest BCUT2D eigenvalue weighted by Gasteiger charge is -2.35. The molecule has 6 nitrogen and oxygen atoms in total. The summed E-state index contributed by atoms with van der Waals surface area (Å²) in [4.78, 5) is 28.8. The van der Waals surface area contributed by atoms with Crippen LogP contribution in [0.3, 0.4) is 0 Å². The van der Waals surface area contributed by atoms with Gasteiger partial charge < -0.3 is 20.9 Å². The summed E-state index contributed by atoms with van der Waals surface area (Å²) in [6.07, 6.45) is 3.24. The molecular weight excluding hydrogens is 383 g/mol. The van der Waals surface area contributed by atoms with Crippen LogP contribution in [0.4, 0.5) is 10.1 Å². The summed E-state index contributed by atoms with van der Waals surface area (Å²) in [7, 11) is 0. The summed E-state index contributed by atoms with van der Waals surface area (Å²) in [6, 6.07) is 1.30. The third-order valence-electron chi connectivity index (χ3n) is 5.60. The van der Waals surface area contributed by atoms with Crippen molar-refractivity contribution in [2.45, 2.75) is 58.9 Å². The molecule has 2 heterocycles. The van der Waals surface area contributed by atoms with Gasteiger partial charge in [0.25, 0.3) is 5.91 Å². The summed E-state index contributed by atoms with van der Waals surface area (Å²) in [5, 5.41) is 3.73. The fourth-order valence-corrected chi connectivity index (χ4v) is 4.09. The van der Waals surface area contributed by atoms with E-state index in [-0.39, 0.29) is 24.2 Å². The van der Waals surface area contributed by atoms with Crippen molar-refractivity contribution in [3.05, 3.63) is 28.7 Å². The molecule has 2 amide bonds. The molecule has 160 valence electrons. The van der Waals surface area contributed by atoms with Crippen LogP contribution < -0.4 is 16.0 Å². The molecule has 0 bridgehead atoms. The van der Waals surface area contributed by atoms with Crippen molar-refractivity contribution in [1.29, 1.82) is 0 Å². The van der Waals surface area contributed by atoms with E-state index in [1.54, 1.807) is 0 Å². The number of aromatic amines is 1. The second-order valence-corrected chi connectivity index (χ2v) is 7.94. The number of carbonyl (C=O) groups is 2. The number of nitrogens with zero attached hydrogens (tertiary/aromatic N) is 1.